The van der Waals surface area contributed by atoms with E-state index in [2.05, 4.69) is 86.8 Å². The van der Waals surface area contributed by atoms with E-state index in [1.54, 1.807) is 0 Å². The van der Waals surface area contributed by atoms with Crippen LogP contribution in [0.25, 0.3) is 0 Å². The number of nitrogens with one attached hydrogen (secondary N) is 1. The minimum atomic E-state index is -0.809. The molecule has 0 heterocycles. The summed E-state index contributed by atoms with van der Waals surface area (Å²) in [4.78, 5) is 26.2. The van der Waals surface area contributed by atoms with Crippen molar-refractivity contribution in [1.82, 2.24) is 5.32 Å². The SMILES string of the molecule is CC/C=C/C/C=C/C/C=C/CCCCCCC(=O)OC(CCCCC/C=C/C=C/C=C/C=C/C=C/CCC)CC(=O)NC(CO)C(O)CCCCCCCCCCCCCCCC. The zero-order valence-corrected chi connectivity index (χ0v) is 40.9. The largest absolute Gasteiger partial charge is 0.462 e. The third-order valence-corrected chi connectivity index (χ3v) is 11.3. The third kappa shape index (κ3) is 45.2. The number of amides is 1. The van der Waals surface area contributed by atoms with Gasteiger partial charge in [0.1, 0.15) is 6.10 Å². The highest BCUT2D eigenvalue weighted by molar-refractivity contribution is 5.77. The van der Waals surface area contributed by atoms with Crippen LogP contribution in [0.1, 0.15) is 226 Å². The third-order valence-electron chi connectivity index (χ3n) is 11.3. The Morgan fingerprint density at radius 1 is 0.492 bits per heavy atom. The maximum atomic E-state index is 13.2. The number of aliphatic hydroxyl groups is 2. The van der Waals surface area contributed by atoms with Gasteiger partial charge in [-0.25, -0.2) is 0 Å². The topological polar surface area (TPSA) is 95.9 Å². The number of unbranched alkanes of at least 4 members (excludes halogenated alkanes) is 21. The van der Waals surface area contributed by atoms with E-state index in [-0.39, 0.29) is 24.9 Å². The molecule has 0 spiro atoms. The minimum absolute atomic E-state index is 0.0349. The van der Waals surface area contributed by atoms with E-state index in [0.29, 0.717) is 19.3 Å². The Morgan fingerprint density at radius 2 is 0.952 bits per heavy atom. The van der Waals surface area contributed by atoms with Gasteiger partial charge in [-0.15, -0.1) is 0 Å². The summed E-state index contributed by atoms with van der Waals surface area (Å²) in [6.07, 6.45) is 66.0. The van der Waals surface area contributed by atoms with Gasteiger partial charge in [0.25, 0.3) is 0 Å². The smallest absolute Gasteiger partial charge is 0.306 e. The number of hydrogen-bond acceptors (Lipinski definition) is 5. The quantitative estimate of drug-likeness (QED) is 0.0245. The van der Waals surface area contributed by atoms with Crippen LogP contribution in [0.4, 0.5) is 0 Å². The van der Waals surface area contributed by atoms with E-state index in [9.17, 15) is 19.8 Å². The fourth-order valence-electron chi connectivity index (χ4n) is 7.36. The van der Waals surface area contributed by atoms with E-state index < -0.39 is 18.2 Å². The first-order valence-corrected chi connectivity index (χ1v) is 26.0. The van der Waals surface area contributed by atoms with E-state index >= 15 is 0 Å². The molecule has 6 heteroatoms. The highest BCUT2D eigenvalue weighted by Crippen LogP contribution is 2.17. The first-order valence-electron chi connectivity index (χ1n) is 26.0. The maximum Gasteiger partial charge on any atom is 0.306 e. The van der Waals surface area contributed by atoms with Crippen molar-refractivity contribution in [1.29, 1.82) is 0 Å². The highest BCUT2D eigenvalue weighted by Gasteiger charge is 2.24. The Morgan fingerprint density at radius 3 is 1.52 bits per heavy atom. The van der Waals surface area contributed by atoms with E-state index in [4.69, 9.17) is 4.74 Å². The Kier molecular flexibility index (Phi) is 47.2. The predicted octanol–water partition coefficient (Wildman–Crippen LogP) is 15.7. The van der Waals surface area contributed by atoms with Gasteiger partial charge in [-0.2, -0.15) is 0 Å². The zero-order valence-electron chi connectivity index (χ0n) is 40.9. The van der Waals surface area contributed by atoms with Crippen LogP contribution >= 0.6 is 0 Å². The lowest BCUT2D eigenvalue weighted by Crippen LogP contribution is -2.46. The van der Waals surface area contributed by atoms with Crippen molar-refractivity contribution in [2.45, 2.75) is 244 Å². The van der Waals surface area contributed by atoms with Gasteiger partial charge in [-0.05, 0) is 77.0 Å². The number of carbonyl (C=O) groups excluding carboxylic acids is 2. The molecule has 360 valence electrons. The van der Waals surface area contributed by atoms with Crippen molar-refractivity contribution in [3.8, 4) is 0 Å². The van der Waals surface area contributed by atoms with Crippen LogP contribution < -0.4 is 5.32 Å². The molecular formula is C57H97NO5. The van der Waals surface area contributed by atoms with E-state index in [1.165, 1.54) is 77.0 Å². The summed E-state index contributed by atoms with van der Waals surface area (Å²) in [5.74, 6) is -0.548. The first kappa shape index (κ1) is 59.8. The normalized spacial score (nSPS) is 14.0. The van der Waals surface area contributed by atoms with Crippen LogP contribution in [0.5, 0.6) is 0 Å². The molecule has 0 aromatic carbocycles. The maximum absolute atomic E-state index is 13.2. The summed E-state index contributed by atoms with van der Waals surface area (Å²) < 4.78 is 5.91. The second-order valence-corrected chi connectivity index (χ2v) is 17.3. The van der Waals surface area contributed by atoms with Crippen LogP contribution in [0.15, 0.2) is 97.2 Å². The highest BCUT2D eigenvalue weighted by atomic mass is 16.5. The molecule has 0 aliphatic carbocycles. The molecule has 0 radical (unpaired) electrons. The van der Waals surface area contributed by atoms with Gasteiger partial charge >= 0.3 is 5.97 Å². The second kappa shape index (κ2) is 49.8. The number of hydrogen-bond donors (Lipinski definition) is 3. The number of ether oxygens (including phenoxy) is 1. The fourth-order valence-corrected chi connectivity index (χ4v) is 7.36. The van der Waals surface area contributed by atoms with Gasteiger partial charge in [0.05, 0.1) is 25.2 Å². The summed E-state index contributed by atoms with van der Waals surface area (Å²) in [5.41, 5.74) is 0. The lowest BCUT2D eigenvalue weighted by molar-refractivity contribution is -0.151. The Bertz CT molecular complexity index is 1260. The molecular weight excluding hydrogens is 779 g/mol. The standard InChI is InChI=1S/C57H97NO5/c1-4-7-10-13-16-19-22-25-28-29-30-33-36-39-42-45-48-53(63-57(62)50-47-44-41-38-35-32-27-24-21-18-15-12-9-6-3)51-56(61)58-54(52-59)55(60)49-46-43-40-37-34-31-26-23-20-17-14-11-8-5-2/h9-10,12-13,16,18-19,21-22,25,27-30,32-33,53-55,59-60H,4-8,11,14-15,17,20,23-24,26,31,34-52H2,1-3H3,(H,58,61)/b12-9+,13-10+,19-16+,21-18+,25-22+,29-28+,32-27+,33-30+. The molecule has 63 heavy (non-hydrogen) atoms. The van der Waals surface area contributed by atoms with Gasteiger partial charge in [0.15, 0.2) is 0 Å². The molecule has 0 bridgehead atoms. The van der Waals surface area contributed by atoms with Crippen LogP contribution in [0.3, 0.4) is 0 Å². The van der Waals surface area contributed by atoms with Gasteiger partial charge in [-0.3, -0.25) is 9.59 Å². The van der Waals surface area contributed by atoms with Crippen molar-refractivity contribution in [2.75, 3.05) is 6.61 Å². The Labute approximate surface area is 388 Å². The van der Waals surface area contributed by atoms with Gasteiger partial charge < -0.3 is 20.3 Å². The summed E-state index contributed by atoms with van der Waals surface area (Å²) in [6, 6.07) is -0.726. The van der Waals surface area contributed by atoms with Crippen LogP contribution in [-0.4, -0.2) is 46.9 Å². The second-order valence-electron chi connectivity index (χ2n) is 17.3. The van der Waals surface area contributed by atoms with Gasteiger partial charge in [-0.1, -0.05) is 234 Å². The number of allylic oxidation sites excluding steroid dienone is 16. The van der Waals surface area contributed by atoms with Crippen molar-refractivity contribution < 1.29 is 24.5 Å². The van der Waals surface area contributed by atoms with Crippen molar-refractivity contribution in [2.24, 2.45) is 0 Å². The molecule has 3 atom stereocenters. The average molecular weight is 876 g/mol. The zero-order chi connectivity index (χ0) is 45.9. The number of carbonyl (C=O) groups is 2. The fraction of sp³-hybridized carbons (Fsp3) is 0.684. The summed E-state index contributed by atoms with van der Waals surface area (Å²) in [6.45, 7) is 6.26. The molecule has 3 unspecified atom stereocenters. The Hall–Kier alpha value is -3.22. The molecule has 0 aromatic rings. The van der Waals surface area contributed by atoms with Crippen molar-refractivity contribution in [3.05, 3.63) is 97.2 Å². The van der Waals surface area contributed by atoms with Crippen LogP contribution in [0.2, 0.25) is 0 Å². The number of aliphatic hydroxyl groups excluding tert-OH is 2. The molecule has 0 rings (SSSR count). The average Bonchev–Trinajstić information content (AvgIpc) is 3.28. The van der Waals surface area contributed by atoms with Gasteiger partial charge in [0.2, 0.25) is 5.91 Å². The molecule has 6 nitrogen and oxygen atoms in total. The lowest BCUT2D eigenvalue weighted by atomic mass is 10.0. The molecule has 0 aliphatic heterocycles. The summed E-state index contributed by atoms with van der Waals surface area (Å²) >= 11 is 0. The van der Waals surface area contributed by atoms with Crippen LogP contribution in [-0.2, 0) is 14.3 Å². The summed E-state index contributed by atoms with van der Waals surface area (Å²) in [7, 11) is 0. The van der Waals surface area contributed by atoms with Crippen molar-refractivity contribution >= 4 is 11.9 Å². The molecule has 1 amide bonds. The van der Waals surface area contributed by atoms with Gasteiger partial charge in [0, 0.05) is 6.42 Å². The van der Waals surface area contributed by atoms with Crippen molar-refractivity contribution in [3.63, 3.8) is 0 Å². The molecule has 0 saturated carbocycles. The predicted molar refractivity (Wildman–Crippen MR) is 273 cm³/mol. The number of rotatable bonds is 45. The minimum Gasteiger partial charge on any atom is -0.462 e. The first-order chi connectivity index (χ1) is 31.0. The van der Waals surface area contributed by atoms with E-state index in [0.717, 1.165) is 103 Å². The summed E-state index contributed by atoms with van der Waals surface area (Å²) in [5, 5.41) is 23.8. The monoisotopic (exact) mass is 876 g/mol. The number of esters is 1. The molecule has 0 aromatic heterocycles. The Balaban J connectivity index is 4.73. The van der Waals surface area contributed by atoms with E-state index in [1.807, 2.05) is 36.5 Å². The molecule has 0 fully saturated rings. The lowest BCUT2D eigenvalue weighted by Gasteiger charge is -2.24. The van der Waals surface area contributed by atoms with Crippen LogP contribution in [0, 0.1) is 0 Å². The molecule has 3 N–H and O–H groups in total. The molecule has 0 saturated heterocycles. The molecule has 0 aliphatic rings.